The molecule has 0 bridgehead atoms. The summed E-state index contributed by atoms with van der Waals surface area (Å²) in [4.78, 5) is 30.1. The Morgan fingerprint density at radius 2 is 1.58 bits per heavy atom. The first-order valence-electron chi connectivity index (χ1n) is 12.1. The highest BCUT2D eigenvalue weighted by Crippen LogP contribution is 2.42. The molecule has 0 spiro atoms. The van der Waals surface area contributed by atoms with Crippen molar-refractivity contribution < 1.29 is 22.8 Å². The first-order valence-corrected chi connectivity index (χ1v) is 12.1. The minimum absolute atomic E-state index is 0.195. The second-order valence-electron chi connectivity index (χ2n) is 9.29. The highest BCUT2D eigenvalue weighted by atomic mass is 19.1. The molecule has 1 aromatic heterocycles. The number of hydrogen-bond donors (Lipinski definition) is 1. The Morgan fingerprint density at radius 1 is 0.895 bits per heavy atom. The van der Waals surface area contributed by atoms with E-state index in [1.54, 1.807) is 30.9 Å². The van der Waals surface area contributed by atoms with Gasteiger partial charge < -0.3 is 14.8 Å². The lowest BCUT2D eigenvalue weighted by molar-refractivity contribution is -0.119. The molecule has 0 aliphatic carbocycles. The number of anilines is 2. The Labute approximate surface area is 217 Å². The second-order valence-corrected chi connectivity index (χ2v) is 9.29. The highest BCUT2D eigenvalue weighted by molar-refractivity contribution is 6.01. The van der Waals surface area contributed by atoms with Gasteiger partial charge in [0.15, 0.2) is 0 Å². The molecule has 38 heavy (non-hydrogen) atoms. The molecule has 0 radical (unpaired) electrons. The van der Waals surface area contributed by atoms with Crippen LogP contribution in [0.4, 0.5) is 29.3 Å². The summed E-state index contributed by atoms with van der Waals surface area (Å²) >= 11 is 0. The number of para-hydroxylation sites is 2. The van der Waals surface area contributed by atoms with Gasteiger partial charge in [-0.05, 0) is 67.9 Å². The fourth-order valence-corrected chi connectivity index (χ4v) is 4.71. The van der Waals surface area contributed by atoms with Crippen LogP contribution in [-0.2, 0) is 4.79 Å². The van der Waals surface area contributed by atoms with E-state index in [-0.39, 0.29) is 18.1 Å². The van der Waals surface area contributed by atoms with Crippen molar-refractivity contribution in [1.82, 2.24) is 9.47 Å². The molecule has 194 valence electrons. The summed E-state index contributed by atoms with van der Waals surface area (Å²) in [6, 6.07) is 18.3. The van der Waals surface area contributed by atoms with Gasteiger partial charge in [0.1, 0.15) is 30.0 Å². The fraction of sp³-hybridized carbons (Fsp3) is 0.172. The SMILES string of the molecule is CC(C)N(CC(=O)N1c2ccccc2-n2cccc2C1c1ccc(F)cc1)C(=O)Nc1ccc(F)cc1F. The lowest BCUT2D eigenvalue weighted by atomic mass is 9.97. The number of hydrogen-bond acceptors (Lipinski definition) is 2. The molecule has 5 rings (SSSR count). The number of carbonyl (C=O) groups is 2. The van der Waals surface area contributed by atoms with E-state index in [1.165, 1.54) is 17.0 Å². The summed E-state index contributed by atoms with van der Waals surface area (Å²) in [5.41, 5.74) is 2.72. The number of amides is 3. The van der Waals surface area contributed by atoms with Crippen molar-refractivity contribution in [2.45, 2.75) is 25.9 Å². The van der Waals surface area contributed by atoms with E-state index in [1.807, 2.05) is 47.2 Å². The molecule has 6 nitrogen and oxygen atoms in total. The maximum Gasteiger partial charge on any atom is 0.322 e. The second kappa shape index (κ2) is 10.1. The summed E-state index contributed by atoms with van der Waals surface area (Å²) in [6.45, 7) is 3.15. The molecule has 1 aliphatic heterocycles. The van der Waals surface area contributed by atoms with Gasteiger partial charge in [-0.15, -0.1) is 0 Å². The average molecular weight is 519 g/mol. The van der Waals surface area contributed by atoms with Gasteiger partial charge in [0.25, 0.3) is 0 Å². The molecule has 1 atom stereocenters. The number of aromatic nitrogens is 1. The lowest BCUT2D eigenvalue weighted by Crippen LogP contribution is -2.49. The largest absolute Gasteiger partial charge is 0.322 e. The number of nitrogens with zero attached hydrogens (tertiary/aromatic N) is 3. The smallest absolute Gasteiger partial charge is 0.316 e. The number of urea groups is 1. The first kappa shape index (κ1) is 25.1. The zero-order chi connectivity index (χ0) is 27.0. The Bertz CT molecular complexity index is 1500. The Kier molecular flexibility index (Phi) is 6.67. The third kappa shape index (κ3) is 4.63. The summed E-state index contributed by atoms with van der Waals surface area (Å²) in [5.74, 6) is -2.47. The maximum absolute atomic E-state index is 14.2. The van der Waals surface area contributed by atoms with Gasteiger partial charge >= 0.3 is 6.03 Å². The third-order valence-corrected chi connectivity index (χ3v) is 6.54. The molecule has 1 aliphatic rings. The summed E-state index contributed by atoms with van der Waals surface area (Å²) in [5, 5.41) is 2.44. The van der Waals surface area contributed by atoms with E-state index in [0.29, 0.717) is 17.3 Å². The minimum atomic E-state index is -0.921. The maximum atomic E-state index is 14.2. The standard InChI is InChI=1S/C29H25F3N4O2/c1-18(2)35(29(38)33-23-14-13-21(31)16-22(23)32)17-27(37)36-25-7-4-3-6-24(25)34-15-5-8-26(34)28(36)19-9-11-20(30)12-10-19/h3-16,18,28H,17H2,1-2H3,(H,33,38). The predicted molar refractivity (Wildman–Crippen MR) is 139 cm³/mol. The van der Waals surface area contributed by atoms with Crippen LogP contribution < -0.4 is 10.2 Å². The summed E-state index contributed by atoms with van der Waals surface area (Å²) < 4.78 is 43.3. The van der Waals surface area contributed by atoms with Crippen LogP contribution in [0, 0.1) is 17.5 Å². The van der Waals surface area contributed by atoms with Crippen molar-refractivity contribution in [3.05, 3.63) is 114 Å². The van der Waals surface area contributed by atoms with Gasteiger partial charge in [-0.2, -0.15) is 0 Å². The molecule has 0 saturated carbocycles. The van der Waals surface area contributed by atoms with E-state index in [9.17, 15) is 22.8 Å². The van der Waals surface area contributed by atoms with Crippen molar-refractivity contribution in [3.8, 4) is 5.69 Å². The molecular weight excluding hydrogens is 493 g/mol. The number of nitrogens with one attached hydrogen (secondary N) is 1. The normalized spacial score (nSPS) is 14.2. The summed E-state index contributed by atoms with van der Waals surface area (Å²) in [7, 11) is 0. The van der Waals surface area contributed by atoms with Crippen LogP contribution in [0.1, 0.15) is 31.1 Å². The van der Waals surface area contributed by atoms with Crippen molar-refractivity contribution in [2.24, 2.45) is 0 Å². The molecular formula is C29H25F3N4O2. The fourth-order valence-electron chi connectivity index (χ4n) is 4.71. The number of halogens is 3. The Balaban J connectivity index is 1.51. The molecule has 4 aromatic rings. The van der Waals surface area contributed by atoms with Crippen LogP contribution in [0.3, 0.4) is 0 Å². The highest BCUT2D eigenvalue weighted by Gasteiger charge is 2.37. The van der Waals surface area contributed by atoms with Crippen LogP contribution in [-0.4, -0.2) is 34.0 Å². The van der Waals surface area contributed by atoms with Gasteiger partial charge in [0.2, 0.25) is 5.91 Å². The zero-order valence-electron chi connectivity index (χ0n) is 20.7. The number of benzene rings is 3. The monoisotopic (exact) mass is 518 g/mol. The average Bonchev–Trinajstić information content (AvgIpc) is 3.38. The van der Waals surface area contributed by atoms with Crippen LogP contribution in [0.2, 0.25) is 0 Å². The molecule has 3 amide bonds. The van der Waals surface area contributed by atoms with E-state index in [0.717, 1.165) is 23.5 Å². The van der Waals surface area contributed by atoms with Gasteiger partial charge in [-0.25, -0.2) is 18.0 Å². The van der Waals surface area contributed by atoms with Crippen LogP contribution >= 0.6 is 0 Å². The Morgan fingerprint density at radius 3 is 2.26 bits per heavy atom. The molecule has 3 aromatic carbocycles. The molecule has 0 saturated heterocycles. The zero-order valence-corrected chi connectivity index (χ0v) is 20.7. The molecule has 0 fully saturated rings. The minimum Gasteiger partial charge on any atom is -0.316 e. The quantitative estimate of drug-likeness (QED) is 0.338. The Hall–Kier alpha value is -4.53. The van der Waals surface area contributed by atoms with E-state index in [2.05, 4.69) is 5.32 Å². The molecule has 1 unspecified atom stereocenters. The van der Waals surface area contributed by atoms with E-state index < -0.39 is 35.6 Å². The number of rotatable bonds is 5. The van der Waals surface area contributed by atoms with Crippen LogP contribution in [0.25, 0.3) is 5.69 Å². The first-order chi connectivity index (χ1) is 18.2. The van der Waals surface area contributed by atoms with Gasteiger partial charge in [0, 0.05) is 18.3 Å². The van der Waals surface area contributed by atoms with E-state index in [4.69, 9.17) is 0 Å². The van der Waals surface area contributed by atoms with Gasteiger partial charge in [-0.3, -0.25) is 9.69 Å². The van der Waals surface area contributed by atoms with Gasteiger partial charge in [0.05, 0.1) is 22.8 Å². The number of fused-ring (bicyclic) bond motifs is 3. The molecule has 1 N–H and O–H groups in total. The topological polar surface area (TPSA) is 57.6 Å². The van der Waals surface area contributed by atoms with Crippen molar-refractivity contribution in [3.63, 3.8) is 0 Å². The molecule has 9 heteroatoms. The van der Waals surface area contributed by atoms with Crippen LogP contribution in [0.15, 0.2) is 85.1 Å². The predicted octanol–water partition coefficient (Wildman–Crippen LogP) is 6.27. The summed E-state index contributed by atoms with van der Waals surface area (Å²) in [6.07, 6.45) is 1.90. The van der Waals surface area contributed by atoms with Crippen molar-refractivity contribution in [2.75, 3.05) is 16.8 Å². The van der Waals surface area contributed by atoms with Gasteiger partial charge in [-0.1, -0.05) is 24.3 Å². The number of carbonyl (C=O) groups excluding carboxylic acids is 2. The third-order valence-electron chi connectivity index (χ3n) is 6.54. The lowest BCUT2D eigenvalue weighted by Gasteiger charge is -2.40. The van der Waals surface area contributed by atoms with E-state index >= 15 is 0 Å². The van der Waals surface area contributed by atoms with Crippen molar-refractivity contribution >= 4 is 23.3 Å². The van der Waals surface area contributed by atoms with Crippen LogP contribution in [0.5, 0.6) is 0 Å². The van der Waals surface area contributed by atoms with Crippen molar-refractivity contribution in [1.29, 1.82) is 0 Å². The molecule has 2 heterocycles.